The predicted molar refractivity (Wildman–Crippen MR) is 67.9 cm³/mol. The van der Waals surface area contributed by atoms with Gasteiger partial charge in [-0.15, -0.1) is 0 Å². The fraction of sp³-hybridized carbons (Fsp3) is 0.467. The molecule has 0 aromatic heterocycles. The highest BCUT2D eigenvalue weighted by molar-refractivity contribution is 5.72. The largest absolute Gasteiger partial charge is 0.549 e. The molecule has 0 N–H and O–H groups in total. The van der Waals surface area contributed by atoms with Gasteiger partial charge in [-0.2, -0.15) is 0 Å². The summed E-state index contributed by atoms with van der Waals surface area (Å²) in [7, 11) is 0. The molecule has 1 aromatic rings. The van der Waals surface area contributed by atoms with E-state index in [4.69, 9.17) is 0 Å². The topological polar surface area (TPSA) is 80.3 Å². The van der Waals surface area contributed by atoms with Crippen LogP contribution in [0, 0.1) is 5.41 Å². The Kier molecular flexibility index (Phi) is 3.81. The van der Waals surface area contributed by atoms with E-state index in [2.05, 4.69) is 0 Å². The average Bonchev–Trinajstić information content (AvgIpc) is 2.39. The maximum absolute atomic E-state index is 11.6. The second-order valence-electron chi connectivity index (χ2n) is 5.89. The number of hydrogen-bond acceptors (Lipinski definition) is 4. The highest BCUT2D eigenvalue weighted by Crippen LogP contribution is 2.34. The van der Waals surface area contributed by atoms with Crippen molar-refractivity contribution >= 4 is 12.1 Å². The molecule has 1 aliphatic heterocycles. The Balaban J connectivity index is 2.31. The summed E-state index contributed by atoms with van der Waals surface area (Å²) >= 11 is 0. The van der Waals surface area contributed by atoms with Crippen LogP contribution in [0.3, 0.4) is 0 Å². The Morgan fingerprint density at radius 2 is 1.90 bits per heavy atom. The highest BCUT2D eigenvalue weighted by Gasteiger charge is 2.44. The fourth-order valence-electron chi connectivity index (χ4n) is 3.05. The van der Waals surface area contributed by atoms with Crippen molar-refractivity contribution in [3.8, 4) is 0 Å². The van der Waals surface area contributed by atoms with Crippen molar-refractivity contribution in [1.82, 2.24) is 0 Å². The van der Waals surface area contributed by atoms with Crippen LogP contribution in [0.5, 0.6) is 0 Å². The van der Waals surface area contributed by atoms with Gasteiger partial charge < -0.3 is 19.8 Å². The lowest BCUT2D eigenvalue weighted by atomic mass is 9.80. The molecule has 0 bridgehead atoms. The van der Waals surface area contributed by atoms with Crippen LogP contribution < -0.4 is 10.2 Å². The third kappa shape index (κ3) is 2.67. The number of carboxylic acids is 1. The van der Waals surface area contributed by atoms with Gasteiger partial charge in [-0.1, -0.05) is 30.3 Å². The van der Waals surface area contributed by atoms with Gasteiger partial charge in [0.2, 0.25) is 0 Å². The third-order valence-corrected chi connectivity index (χ3v) is 4.17. The van der Waals surface area contributed by atoms with E-state index >= 15 is 0 Å². The van der Waals surface area contributed by atoms with Gasteiger partial charge >= 0.3 is 0 Å². The quantitative estimate of drug-likeness (QED) is 0.722. The maximum atomic E-state index is 11.6. The minimum absolute atomic E-state index is 0.00651. The molecule has 0 saturated carbocycles. The van der Waals surface area contributed by atoms with Gasteiger partial charge in [-0.05, 0) is 19.8 Å². The fourth-order valence-corrected chi connectivity index (χ4v) is 3.05. The first kappa shape index (κ1) is 14.5. The first-order valence-electron chi connectivity index (χ1n) is 6.71. The van der Waals surface area contributed by atoms with E-state index in [1.807, 2.05) is 30.3 Å². The van der Waals surface area contributed by atoms with Crippen molar-refractivity contribution in [2.24, 2.45) is 5.41 Å². The molecular formula is C15H18NO4-. The van der Waals surface area contributed by atoms with Crippen molar-refractivity contribution < 1.29 is 24.3 Å². The minimum Gasteiger partial charge on any atom is -0.549 e. The molecule has 5 heteroatoms. The van der Waals surface area contributed by atoms with Crippen LogP contribution in [0.25, 0.3) is 0 Å². The lowest BCUT2D eigenvalue weighted by molar-refractivity contribution is -0.899. The average molecular weight is 276 g/mol. The third-order valence-electron chi connectivity index (χ3n) is 4.17. The Bertz CT molecular complexity index is 516. The number of hydrogen-bond donors (Lipinski definition) is 0. The molecule has 2 atom stereocenters. The molecule has 5 nitrogen and oxygen atoms in total. The molecule has 1 fully saturated rings. The maximum Gasteiger partial charge on any atom is 0.257 e. The summed E-state index contributed by atoms with van der Waals surface area (Å²) in [5, 5.41) is 22.9. The molecule has 1 amide bonds. The standard InChI is InChI=1S/C15H19NO4/c1-15(13(17)18)8-5-9-16(11-15,14(19)20)10-12-6-3-2-4-7-12/h2-4,6-7H,5,8-11H2,1H3,(H-,17,18,19,20)/p-1/t15-,16?/m1/s1. The zero-order valence-electron chi connectivity index (χ0n) is 11.5. The smallest absolute Gasteiger partial charge is 0.257 e. The second-order valence-corrected chi connectivity index (χ2v) is 5.89. The Morgan fingerprint density at radius 1 is 1.25 bits per heavy atom. The number of likely N-dealkylation sites (tertiary alicyclic amines) is 1. The number of aliphatic carboxylic acids is 1. The molecule has 108 valence electrons. The molecule has 0 spiro atoms. The lowest BCUT2D eigenvalue weighted by Crippen LogP contribution is -2.66. The number of nitrogens with zero attached hydrogens (tertiary/aromatic N) is 1. The molecule has 20 heavy (non-hydrogen) atoms. The van der Waals surface area contributed by atoms with E-state index < -0.39 is 17.5 Å². The van der Waals surface area contributed by atoms with E-state index in [0.717, 1.165) is 5.56 Å². The normalized spacial score (nSPS) is 29.9. The van der Waals surface area contributed by atoms with Gasteiger partial charge in [-0.3, -0.25) is 4.48 Å². The van der Waals surface area contributed by atoms with Gasteiger partial charge in [0.05, 0.1) is 24.5 Å². The summed E-state index contributed by atoms with van der Waals surface area (Å²) in [5.41, 5.74) is -0.257. The number of carbonyl (C=O) groups is 2. The van der Waals surface area contributed by atoms with Gasteiger partial charge in [0.25, 0.3) is 6.09 Å². The SMILES string of the molecule is C[C@@]1(C(=O)[O-])CCC[N+](Cc2ccccc2)(C(=O)[O-])C1. The summed E-state index contributed by atoms with van der Waals surface area (Å²) in [6.45, 7) is 2.20. The van der Waals surface area contributed by atoms with Crippen LogP contribution in [0.1, 0.15) is 25.3 Å². The van der Waals surface area contributed by atoms with Gasteiger partial charge in [-0.25, -0.2) is 0 Å². The molecule has 2 rings (SSSR count). The first-order chi connectivity index (χ1) is 9.38. The summed E-state index contributed by atoms with van der Waals surface area (Å²) in [4.78, 5) is 22.9. The number of benzene rings is 1. The van der Waals surface area contributed by atoms with Crippen LogP contribution in [-0.4, -0.2) is 29.6 Å². The lowest BCUT2D eigenvalue weighted by Gasteiger charge is -2.48. The molecular weight excluding hydrogens is 258 g/mol. The number of rotatable bonds is 3. The first-order valence-corrected chi connectivity index (χ1v) is 6.71. The molecule has 0 radical (unpaired) electrons. The molecule has 1 unspecified atom stereocenters. The van der Waals surface area contributed by atoms with Crippen molar-refractivity contribution in [2.45, 2.75) is 26.3 Å². The summed E-state index contributed by atoms with van der Waals surface area (Å²) in [6, 6.07) is 9.21. The van der Waals surface area contributed by atoms with Crippen LogP contribution in [0.15, 0.2) is 30.3 Å². The number of carbonyl (C=O) groups excluding carboxylic acids is 2. The van der Waals surface area contributed by atoms with Crippen LogP contribution >= 0.6 is 0 Å². The number of piperidine rings is 1. The molecule has 0 aliphatic carbocycles. The van der Waals surface area contributed by atoms with E-state index in [-0.39, 0.29) is 17.6 Å². The van der Waals surface area contributed by atoms with E-state index in [9.17, 15) is 19.8 Å². The van der Waals surface area contributed by atoms with Crippen molar-refractivity contribution in [3.63, 3.8) is 0 Å². The Labute approximate surface area is 118 Å². The molecule has 1 aromatic carbocycles. The van der Waals surface area contributed by atoms with Crippen LogP contribution in [-0.2, 0) is 11.3 Å². The van der Waals surface area contributed by atoms with Crippen molar-refractivity contribution in [3.05, 3.63) is 35.9 Å². The van der Waals surface area contributed by atoms with Crippen molar-refractivity contribution in [2.75, 3.05) is 13.1 Å². The number of quaternary nitrogens is 1. The van der Waals surface area contributed by atoms with Crippen molar-refractivity contribution in [1.29, 1.82) is 0 Å². The van der Waals surface area contributed by atoms with E-state index in [1.165, 1.54) is 0 Å². The van der Waals surface area contributed by atoms with Gasteiger partial charge in [0.15, 0.2) is 0 Å². The van der Waals surface area contributed by atoms with Gasteiger partial charge in [0.1, 0.15) is 6.54 Å². The zero-order valence-corrected chi connectivity index (χ0v) is 11.5. The van der Waals surface area contributed by atoms with Crippen LogP contribution in [0.2, 0.25) is 0 Å². The van der Waals surface area contributed by atoms with E-state index in [1.54, 1.807) is 6.92 Å². The minimum atomic E-state index is -1.22. The molecule has 1 saturated heterocycles. The van der Waals surface area contributed by atoms with Gasteiger partial charge in [0, 0.05) is 5.56 Å². The monoisotopic (exact) mass is 276 g/mol. The zero-order chi connectivity index (χ0) is 14.8. The summed E-state index contributed by atoms with van der Waals surface area (Å²) in [5.74, 6) is -1.19. The number of amides is 1. The second kappa shape index (κ2) is 5.25. The molecule has 1 heterocycles. The Morgan fingerprint density at radius 3 is 2.45 bits per heavy atom. The predicted octanol–water partition coefficient (Wildman–Crippen LogP) is -0.103. The summed E-state index contributed by atoms with van der Waals surface area (Å²) in [6.07, 6.45) is -0.246. The molecule has 1 aliphatic rings. The number of carboxylic acid groups (broad SMARTS) is 2. The highest BCUT2D eigenvalue weighted by atomic mass is 16.4. The van der Waals surface area contributed by atoms with Crippen LogP contribution in [0.4, 0.5) is 4.79 Å². The Hall–Kier alpha value is -1.88. The summed E-state index contributed by atoms with van der Waals surface area (Å²) < 4.78 is -0.353. The van der Waals surface area contributed by atoms with E-state index in [0.29, 0.717) is 19.4 Å².